The van der Waals surface area contributed by atoms with Crippen LogP contribution < -0.4 is 0 Å². The first-order valence-corrected chi connectivity index (χ1v) is 5.51. The Labute approximate surface area is 108 Å². The van der Waals surface area contributed by atoms with E-state index < -0.39 is 11.8 Å². The third-order valence-electron chi connectivity index (χ3n) is 2.26. The fourth-order valence-corrected chi connectivity index (χ4v) is 1.56. The molecule has 0 radical (unpaired) electrons. The number of carbonyl (C=O) groups is 1. The van der Waals surface area contributed by atoms with Crippen molar-refractivity contribution in [3.63, 3.8) is 0 Å². The van der Waals surface area contributed by atoms with Gasteiger partial charge in [-0.1, -0.05) is 12.1 Å². The summed E-state index contributed by atoms with van der Waals surface area (Å²) in [5.74, 6) is -0.902. The standard InChI is InChI=1S/C13H9FO3S/c14-10-4-2-1-3-9(10)11-6-5-8(17-11)7-12(18)13(15)16/h1-7,18H,(H,15,16)/b12-7-. The van der Waals surface area contributed by atoms with Crippen molar-refractivity contribution >= 4 is 24.7 Å². The Kier molecular flexibility index (Phi) is 3.53. The van der Waals surface area contributed by atoms with Gasteiger partial charge in [0.05, 0.1) is 10.5 Å². The normalized spacial score (nSPS) is 11.6. The van der Waals surface area contributed by atoms with Crippen LogP contribution in [-0.4, -0.2) is 11.1 Å². The van der Waals surface area contributed by atoms with Crippen LogP contribution in [0.5, 0.6) is 0 Å². The Balaban J connectivity index is 2.35. The zero-order valence-electron chi connectivity index (χ0n) is 9.13. The Morgan fingerprint density at radius 2 is 2.00 bits per heavy atom. The second kappa shape index (κ2) is 5.10. The van der Waals surface area contributed by atoms with Gasteiger partial charge in [-0.25, -0.2) is 9.18 Å². The van der Waals surface area contributed by atoms with Gasteiger partial charge in [0.15, 0.2) is 0 Å². The highest BCUT2D eigenvalue weighted by molar-refractivity contribution is 7.85. The van der Waals surface area contributed by atoms with Gasteiger partial charge in [-0.2, -0.15) is 0 Å². The molecule has 0 saturated carbocycles. The summed E-state index contributed by atoms with van der Waals surface area (Å²) in [5.41, 5.74) is 0.327. The molecule has 5 heteroatoms. The van der Waals surface area contributed by atoms with E-state index in [4.69, 9.17) is 9.52 Å². The maximum atomic E-state index is 13.5. The molecule has 0 amide bonds. The smallest absolute Gasteiger partial charge is 0.342 e. The van der Waals surface area contributed by atoms with Crippen LogP contribution in [-0.2, 0) is 4.79 Å². The summed E-state index contributed by atoms with van der Waals surface area (Å²) in [4.78, 5) is 10.4. The quantitative estimate of drug-likeness (QED) is 0.659. The van der Waals surface area contributed by atoms with E-state index in [2.05, 4.69) is 12.6 Å². The van der Waals surface area contributed by atoms with Crippen LogP contribution in [0.25, 0.3) is 17.4 Å². The number of halogens is 1. The van der Waals surface area contributed by atoms with Gasteiger partial charge >= 0.3 is 5.97 Å². The SMILES string of the molecule is O=C(O)/C(S)=C/c1ccc(-c2ccccc2F)o1. The molecule has 92 valence electrons. The van der Waals surface area contributed by atoms with Crippen LogP contribution in [0.2, 0.25) is 0 Å². The monoisotopic (exact) mass is 264 g/mol. The third kappa shape index (κ3) is 2.62. The molecule has 0 aliphatic rings. The Morgan fingerprint density at radius 1 is 1.28 bits per heavy atom. The van der Waals surface area contributed by atoms with E-state index in [1.54, 1.807) is 30.3 Å². The molecule has 0 atom stereocenters. The topological polar surface area (TPSA) is 50.4 Å². The first-order chi connectivity index (χ1) is 8.58. The van der Waals surface area contributed by atoms with Gasteiger partial charge in [-0.3, -0.25) is 0 Å². The molecule has 1 N–H and O–H groups in total. The van der Waals surface area contributed by atoms with E-state index in [-0.39, 0.29) is 4.91 Å². The van der Waals surface area contributed by atoms with E-state index in [1.807, 2.05) is 0 Å². The molecule has 1 aromatic carbocycles. The summed E-state index contributed by atoms with van der Waals surface area (Å²) in [5, 5.41) is 8.66. The lowest BCUT2D eigenvalue weighted by Gasteiger charge is -1.97. The molecular formula is C13H9FO3S. The van der Waals surface area contributed by atoms with Crippen molar-refractivity contribution in [3.05, 3.63) is 52.9 Å². The first-order valence-electron chi connectivity index (χ1n) is 5.06. The van der Waals surface area contributed by atoms with Gasteiger partial charge in [-0.05, 0) is 24.3 Å². The molecule has 18 heavy (non-hydrogen) atoms. The minimum atomic E-state index is -1.15. The molecular weight excluding hydrogens is 255 g/mol. The van der Waals surface area contributed by atoms with Crippen molar-refractivity contribution in [2.45, 2.75) is 0 Å². The highest BCUT2D eigenvalue weighted by Gasteiger charge is 2.09. The summed E-state index contributed by atoms with van der Waals surface area (Å²) >= 11 is 3.78. The largest absolute Gasteiger partial charge is 0.477 e. The van der Waals surface area contributed by atoms with Crippen molar-refractivity contribution in [2.75, 3.05) is 0 Å². The number of furan rings is 1. The number of hydrogen-bond donors (Lipinski definition) is 2. The van der Waals surface area contributed by atoms with E-state index in [9.17, 15) is 9.18 Å². The lowest BCUT2D eigenvalue weighted by atomic mass is 10.1. The zero-order chi connectivity index (χ0) is 13.1. The van der Waals surface area contributed by atoms with Crippen molar-refractivity contribution in [2.24, 2.45) is 0 Å². The van der Waals surface area contributed by atoms with Crippen LogP contribution >= 0.6 is 12.6 Å². The lowest BCUT2D eigenvalue weighted by Crippen LogP contribution is -1.92. The number of thiol groups is 1. The molecule has 2 aromatic rings. The summed E-state index contributed by atoms with van der Waals surface area (Å²) in [6.07, 6.45) is 1.26. The van der Waals surface area contributed by atoms with Crippen LogP contribution in [0.4, 0.5) is 4.39 Å². The molecule has 1 aromatic heterocycles. The van der Waals surface area contributed by atoms with E-state index in [0.29, 0.717) is 17.1 Å². The number of carboxylic acids is 1. The van der Waals surface area contributed by atoms with Crippen LogP contribution in [0.3, 0.4) is 0 Å². The van der Waals surface area contributed by atoms with Gasteiger partial charge in [0.25, 0.3) is 0 Å². The van der Waals surface area contributed by atoms with Crippen molar-refractivity contribution in [1.82, 2.24) is 0 Å². The minimum Gasteiger partial charge on any atom is -0.477 e. The van der Waals surface area contributed by atoms with Crippen molar-refractivity contribution < 1.29 is 18.7 Å². The Morgan fingerprint density at radius 3 is 2.67 bits per heavy atom. The number of benzene rings is 1. The predicted molar refractivity (Wildman–Crippen MR) is 68.7 cm³/mol. The summed E-state index contributed by atoms with van der Waals surface area (Å²) in [6.45, 7) is 0. The number of hydrogen-bond acceptors (Lipinski definition) is 3. The molecule has 1 heterocycles. The molecule has 0 bridgehead atoms. The van der Waals surface area contributed by atoms with Crippen molar-refractivity contribution in [1.29, 1.82) is 0 Å². The number of aliphatic carboxylic acids is 1. The molecule has 0 aliphatic carbocycles. The van der Waals surface area contributed by atoms with Crippen LogP contribution in [0.1, 0.15) is 5.76 Å². The van der Waals surface area contributed by atoms with E-state index >= 15 is 0 Å². The second-order valence-corrected chi connectivity index (χ2v) is 4.00. The lowest BCUT2D eigenvalue weighted by molar-refractivity contribution is -0.131. The molecule has 0 saturated heterocycles. The van der Waals surface area contributed by atoms with Gasteiger partial charge in [-0.15, -0.1) is 12.6 Å². The molecule has 2 rings (SSSR count). The first kappa shape index (κ1) is 12.4. The average Bonchev–Trinajstić information content (AvgIpc) is 2.77. The fraction of sp³-hybridized carbons (Fsp3) is 0. The van der Waals surface area contributed by atoms with Gasteiger partial charge < -0.3 is 9.52 Å². The van der Waals surface area contributed by atoms with Gasteiger partial charge in [0.1, 0.15) is 17.3 Å². The maximum absolute atomic E-state index is 13.5. The van der Waals surface area contributed by atoms with Crippen LogP contribution in [0.15, 0.2) is 45.7 Å². The summed E-state index contributed by atoms with van der Waals surface area (Å²) in [7, 11) is 0. The van der Waals surface area contributed by atoms with Gasteiger partial charge in [0, 0.05) is 6.08 Å². The van der Waals surface area contributed by atoms with E-state index in [1.165, 1.54) is 12.1 Å². The highest BCUT2D eigenvalue weighted by atomic mass is 32.1. The third-order valence-corrected chi connectivity index (χ3v) is 2.58. The molecule has 3 nitrogen and oxygen atoms in total. The maximum Gasteiger partial charge on any atom is 0.342 e. The zero-order valence-corrected chi connectivity index (χ0v) is 10.0. The Hall–Kier alpha value is -2.01. The molecule has 0 spiro atoms. The minimum absolute atomic E-state index is 0.149. The summed E-state index contributed by atoms with van der Waals surface area (Å²) in [6, 6.07) is 9.32. The number of rotatable bonds is 3. The van der Waals surface area contributed by atoms with Gasteiger partial charge in [0.2, 0.25) is 0 Å². The van der Waals surface area contributed by atoms with Crippen molar-refractivity contribution in [3.8, 4) is 11.3 Å². The summed E-state index contributed by atoms with van der Waals surface area (Å²) < 4.78 is 18.8. The predicted octanol–water partition coefficient (Wildman–Crippen LogP) is 3.44. The molecule has 0 unspecified atom stereocenters. The Bertz CT molecular complexity index is 616. The average molecular weight is 264 g/mol. The fourth-order valence-electron chi connectivity index (χ4n) is 1.43. The second-order valence-electron chi connectivity index (χ2n) is 3.52. The van der Waals surface area contributed by atoms with Crippen LogP contribution in [0, 0.1) is 5.82 Å². The molecule has 0 fully saturated rings. The number of carboxylic acid groups (broad SMARTS) is 1. The molecule has 0 aliphatic heterocycles. The highest BCUT2D eigenvalue weighted by Crippen LogP contribution is 2.25. The van der Waals surface area contributed by atoms with E-state index in [0.717, 1.165) is 0 Å².